The second-order valence-corrected chi connectivity index (χ2v) is 5.95. The van der Waals surface area contributed by atoms with Crippen molar-refractivity contribution < 1.29 is 4.79 Å². The van der Waals surface area contributed by atoms with Gasteiger partial charge in [0.15, 0.2) is 0 Å². The zero-order valence-corrected chi connectivity index (χ0v) is 11.4. The van der Waals surface area contributed by atoms with Crippen molar-refractivity contribution in [2.24, 2.45) is 11.8 Å². The third kappa shape index (κ3) is 2.65. The number of hydrogen-bond donors (Lipinski definition) is 1. The van der Waals surface area contributed by atoms with E-state index in [2.05, 4.69) is 31.0 Å². The first-order valence-corrected chi connectivity index (χ1v) is 7.20. The Morgan fingerprint density at radius 3 is 2.53 bits per heavy atom. The summed E-state index contributed by atoms with van der Waals surface area (Å²) >= 11 is 0. The minimum Gasteiger partial charge on any atom is -0.326 e. The summed E-state index contributed by atoms with van der Waals surface area (Å²) in [7, 11) is 0. The van der Waals surface area contributed by atoms with E-state index in [0.29, 0.717) is 11.8 Å². The van der Waals surface area contributed by atoms with Gasteiger partial charge in [0, 0.05) is 6.54 Å². The summed E-state index contributed by atoms with van der Waals surface area (Å²) in [5, 5.41) is 3.49. The largest absolute Gasteiger partial charge is 0.326 e. The van der Waals surface area contributed by atoms with Crippen LogP contribution in [0.1, 0.15) is 52.9 Å². The summed E-state index contributed by atoms with van der Waals surface area (Å²) in [6.07, 6.45) is 6.62. The summed E-state index contributed by atoms with van der Waals surface area (Å²) in [5.74, 6) is 1.48. The molecule has 17 heavy (non-hydrogen) atoms. The Labute approximate surface area is 105 Å². The second kappa shape index (κ2) is 5.38. The normalized spacial score (nSPS) is 30.8. The van der Waals surface area contributed by atoms with E-state index < -0.39 is 0 Å². The zero-order chi connectivity index (χ0) is 12.4. The van der Waals surface area contributed by atoms with Gasteiger partial charge in [-0.05, 0) is 31.1 Å². The Morgan fingerprint density at radius 1 is 1.35 bits per heavy atom. The van der Waals surface area contributed by atoms with Crippen LogP contribution < -0.4 is 5.32 Å². The van der Waals surface area contributed by atoms with Crippen LogP contribution >= 0.6 is 0 Å². The van der Waals surface area contributed by atoms with Gasteiger partial charge in [-0.15, -0.1) is 0 Å². The van der Waals surface area contributed by atoms with Gasteiger partial charge in [0.1, 0.15) is 0 Å². The van der Waals surface area contributed by atoms with Crippen LogP contribution in [0.5, 0.6) is 0 Å². The van der Waals surface area contributed by atoms with Crippen LogP contribution in [-0.4, -0.2) is 29.6 Å². The minimum absolute atomic E-state index is 0.0429. The highest BCUT2D eigenvalue weighted by atomic mass is 16.2. The molecule has 1 N–H and O–H groups in total. The molecule has 0 aromatic rings. The lowest BCUT2D eigenvalue weighted by Gasteiger charge is -2.26. The molecule has 2 unspecified atom stereocenters. The van der Waals surface area contributed by atoms with Gasteiger partial charge < -0.3 is 4.90 Å². The maximum Gasteiger partial charge on any atom is 0.241 e. The number of nitrogens with zero attached hydrogens (tertiary/aromatic N) is 1. The Hall–Kier alpha value is -0.570. The predicted molar refractivity (Wildman–Crippen MR) is 69.5 cm³/mol. The molecule has 3 heteroatoms. The molecule has 2 aliphatic rings. The maximum absolute atomic E-state index is 12.4. The molecule has 1 saturated carbocycles. The molecule has 1 aliphatic heterocycles. The van der Waals surface area contributed by atoms with Crippen molar-refractivity contribution in [3.8, 4) is 0 Å². The van der Waals surface area contributed by atoms with Crippen LogP contribution in [0.3, 0.4) is 0 Å². The monoisotopic (exact) mass is 238 g/mol. The first-order valence-electron chi connectivity index (χ1n) is 7.20. The molecule has 2 rings (SSSR count). The molecule has 1 aliphatic carbocycles. The fraction of sp³-hybridized carbons (Fsp3) is 0.929. The molecular weight excluding hydrogens is 212 g/mol. The molecule has 98 valence electrons. The zero-order valence-electron chi connectivity index (χ0n) is 11.4. The second-order valence-electron chi connectivity index (χ2n) is 5.95. The summed E-state index contributed by atoms with van der Waals surface area (Å²) in [6.45, 7) is 7.39. The number of carbonyl (C=O) groups is 1. The average Bonchev–Trinajstić information content (AvgIpc) is 2.89. The molecule has 2 atom stereocenters. The van der Waals surface area contributed by atoms with Gasteiger partial charge in [-0.25, -0.2) is 0 Å². The van der Waals surface area contributed by atoms with Gasteiger partial charge in [0.25, 0.3) is 0 Å². The van der Waals surface area contributed by atoms with Gasteiger partial charge >= 0.3 is 0 Å². The minimum atomic E-state index is 0.0429. The lowest BCUT2D eigenvalue weighted by Crippen LogP contribution is -2.39. The number of nitrogens with one attached hydrogen (secondary N) is 1. The quantitative estimate of drug-likeness (QED) is 0.815. The first-order chi connectivity index (χ1) is 8.13. The number of hydrogen-bond acceptors (Lipinski definition) is 2. The van der Waals surface area contributed by atoms with Crippen LogP contribution in [-0.2, 0) is 4.79 Å². The standard InChI is InChI=1S/C14H26N2O/c1-4-12-15-13(10(2)3)14(17)16(12)9-11-7-5-6-8-11/h10-13,15H,4-9H2,1-3H3. The molecule has 1 heterocycles. The molecule has 0 aromatic carbocycles. The van der Waals surface area contributed by atoms with E-state index in [9.17, 15) is 4.79 Å². The summed E-state index contributed by atoms with van der Waals surface area (Å²) < 4.78 is 0. The lowest BCUT2D eigenvalue weighted by atomic mass is 10.0. The van der Waals surface area contributed by atoms with Crippen molar-refractivity contribution in [2.75, 3.05) is 6.54 Å². The van der Waals surface area contributed by atoms with Gasteiger partial charge in [0.2, 0.25) is 5.91 Å². The van der Waals surface area contributed by atoms with Crippen molar-refractivity contribution in [3.63, 3.8) is 0 Å². The number of amides is 1. The molecule has 1 saturated heterocycles. The Kier molecular flexibility index (Phi) is 4.08. The maximum atomic E-state index is 12.4. The van der Waals surface area contributed by atoms with Crippen molar-refractivity contribution in [2.45, 2.75) is 65.1 Å². The Bertz CT molecular complexity index is 271. The van der Waals surface area contributed by atoms with E-state index in [1.54, 1.807) is 0 Å². The molecule has 0 radical (unpaired) electrons. The lowest BCUT2D eigenvalue weighted by molar-refractivity contribution is -0.131. The van der Waals surface area contributed by atoms with Gasteiger partial charge in [-0.3, -0.25) is 10.1 Å². The van der Waals surface area contributed by atoms with Gasteiger partial charge in [-0.2, -0.15) is 0 Å². The molecule has 3 nitrogen and oxygen atoms in total. The molecule has 0 spiro atoms. The highest BCUT2D eigenvalue weighted by molar-refractivity contribution is 5.84. The van der Waals surface area contributed by atoms with E-state index in [-0.39, 0.29) is 12.2 Å². The van der Waals surface area contributed by atoms with Crippen LogP contribution in [0.25, 0.3) is 0 Å². The van der Waals surface area contributed by atoms with Crippen LogP contribution in [0, 0.1) is 11.8 Å². The van der Waals surface area contributed by atoms with E-state index in [0.717, 1.165) is 18.9 Å². The first kappa shape index (κ1) is 12.9. The molecular formula is C14H26N2O. The highest BCUT2D eigenvalue weighted by Crippen LogP contribution is 2.28. The third-order valence-electron chi connectivity index (χ3n) is 4.28. The average molecular weight is 238 g/mol. The fourth-order valence-corrected chi connectivity index (χ4v) is 3.20. The van der Waals surface area contributed by atoms with Crippen molar-refractivity contribution in [3.05, 3.63) is 0 Å². The molecule has 2 fully saturated rings. The van der Waals surface area contributed by atoms with Crippen molar-refractivity contribution in [1.29, 1.82) is 0 Å². The van der Waals surface area contributed by atoms with E-state index >= 15 is 0 Å². The van der Waals surface area contributed by atoms with Crippen LogP contribution in [0.4, 0.5) is 0 Å². The predicted octanol–water partition coefficient (Wildman–Crippen LogP) is 2.37. The number of carbonyl (C=O) groups excluding carboxylic acids is 1. The molecule has 0 bridgehead atoms. The smallest absolute Gasteiger partial charge is 0.241 e. The molecule has 1 amide bonds. The van der Waals surface area contributed by atoms with E-state index in [1.165, 1.54) is 25.7 Å². The van der Waals surface area contributed by atoms with Gasteiger partial charge in [-0.1, -0.05) is 33.6 Å². The van der Waals surface area contributed by atoms with E-state index in [4.69, 9.17) is 0 Å². The number of rotatable bonds is 4. The highest BCUT2D eigenvalue weighted by Gasteiger charge is 2.40. The van der Waals surface area contributed by atoms with E-state index in [1.807, 2.05) is 0 Å². The van der Waals surface area contributed by atoms with Crippen LogP contribution in [0.15, 0.2) is 0 Å². The third-order valence-corrected chi connectivity index (χ3v) is 4.28. The van der Waals surface area contributed by atoms with Crippen molar-refractivity contribution in [1.82, 2.24) is 10.2 Å². The Morgan fingerprint density at radius 2 is 2.00 bits per heavy atom. The topological polar surface area (TPSA) is 32.3 Å². The molecule has 0 aromatic heterocycles. The van der Waals surface area contributed by atoms with Gasteiger partial charge in [0.05, 0.1) is 12.2 Å². The summed E-state index contributed by atoms with van der Waals surface area (Å²) in [5.41, 5.74) is 0. The van der Waals surface area contributed by atoms with Crippen LogP contribution in [0.2, 0.25) is 0 Å². The fourth-order valence-electron chi connectivity index (χ4n) is 3.20. The summed E-state index contributed by atoms with van der Waals surface area (Å²) in [6, 6.07) is 0.0429. The Balaban J connectivity index is 2.00. The summed E-state index contributed by atoms with van der Waals surface area (Å²) in [4.78, 5) is 14.5. The van der Waals surface area contributed by atoms with Crippen molar-refractivity contribution >= 4 is 5.91 Å². The SMILES string of the molecule is CCC1NC(C(C)C)C(=O)N1CC1CCCC1.